The van der Waals surface area contributed by atoms with Gasteiger partial charge in [0.05, 0.1) is 0 Å². The van der Waals surface area contributed by atoms with E-state index in [4.69, 9.17) is 44.3 Å². The van der Waals surface area contributed by atoms with Crippen molar-refractivity contribution in [2.75, 3.05) is 0 Å². The number of halogens is 4. The number of hydrogen-bond acceptors (Lipinski definition) is 2. The number of hydrogen-bond donors (Lipinski definition) is 2. The van der Waals surface area contributed by atoms with Crippen molar-refractivity contribution in [1.29, 1.82) is 0 Å². The second kappa shape index (κ2) is 7.46. The Bertz CT molecular complexity index is 854. The first-order valence-corrected chi connectivity index (χ1v) is 15.7. The van der Waals surface area contributed by atoms with Gasteiger partial charge in [0.2, 0.25) is 0 Å². The molecule has 0 aromatic heterocycles. The topological polar surface area (TPSA) is 40.5 Å². The van der Waals surface area contributed by atoms with Crippen LogP contribution in [0.1, 0.15) is 0 Å². The molecule has 26 heavy (non-hydrogen) atoms. The van der Waals surface area contributed by atoms with E-state index in [2.05, 4.69) is 0 Å². The van der Waals surface area contributed by atoms with Crippen LogP contribution in [0.15, 0.2) is 72.8 Å². The molecule has 0 radical (unpaired) electrons. The molecular formula is C18H14Cl4O2Si2. The molecule has 8 heteroatoms. The van der Waals surface area contributed by atoms with Crippen molar-refractivity contribution in [3.05, 3.63) is 72.8 Å². The van der Waals surface area contributed by atoms with Gasteiger partial charge in [-0.2, -0.15) is 0 Å². The summed E-state index contributed by atoms with van der Waals surface area (Å²) in [5.41, 5.74) is 0. The van der Waals surface area contributed by atoms with E-state index in [0.29, 0.717) is 20.7 Å². The van der Waals surface area contributed by atoms with Crippen LogP contribution in [0.2, 0.25) is 0 Å². The lowest BCUT2D eigenvalue weighted by Crippen LogP contribution is -2.51. The van der Waals surface area contributed by atoms with Crippen LogP contribution in [-0.4, -0.2) is 23.6 Å². The molecule has 0 aliphatic carbocycles. The van der Waals surface area contributed by atoms with Gasteiger partial charge in [0.1, 0.15) is 11.5 Å². The summed E-state index contributed by atoms with van der Waals surface area (Å²) in [7, 11) is 0. The van der Waals surface area contributed by atoms with E-state index < -0.39 is 13.4 Å². The molecule has 0 saturated heterocycles. The van der Waals surface area contributed by atoms with Crippen LogP contribution in [0, 0.1) is 0 Å². The van der Waals surface area contributed by atoms with Crippen LogP contribution >= 0.6 is 44.3 Å². The van der Waals surface area contributed by atoms with Gasteiger partial charge < -0.3 is 10.2 Å². The maximum Gasteiger partial charge on any atom is 0.314 e. The number of para-hydroxylation sites is 2. The SMILES string of the molecule is Oc1ccccc1[Si](Cl)(Cl)c1ccc([Si](Cl)(Cl)c2ccccc2O)cc1. The van der Waals surface area contributed by atoms with E-state index in [1.54, 1.807) is 72.8 Å². The van der Waals surface area contributed by atoms with Crippen molar-refractivity contribution >= 4 is 78.4 Å². The van der Waals surface area contributed by atoms with Crippen molar-refractivity contribution in [1.82, 2.24) is 0 Å². The Morgan fingerprint density at radius 2 is 0.808 bits per heavy atom. The molecule has 0 heterocycles. The van der Waals surface area contributed by atoms with Crippen molar-refractivity contribution in [2.24, 2.45) is 0 Å². The van der Waals surface area contributed by atoms with E-state index in [-0.39, 0.29) is 11.5 Å². The second-order valence-corrected chi connectivity index (χ2v) is 18.3. The van der Waals surface area contributed by atoms with Crippen LogP contribution < -0.4 is 20.7 Å². The Labute approximate surface area is 172 Å². The Hall–Kier alpha value is -1.15. The number of phenols is 2. The molecule has 0 atom stereocenters. The first-order chi connectivity index (χ1) is 12.2. The van der Waals surface area contributed by atoms with Gasteiger partial charge in [0.15, 0.2) is 0 Å². The van der Waals surface area contributed by atoms with Gasteiger partial charge in [-0.15, -0.1) is 44.3 Å². The smallest absolute Gasteiger partial charge is 0.314 e. The van der Waals surface area contributed by atoms with Gasteiger partial charge in [0.25, 0.3) is 0 Å². The minimum atomic E-state index is -3.10. The number of rotatable bonds is 4. The summed E-state index contributed by atoms with van der Waals surface area (Å²) in [6.07, 6.45) is 0. The van der Waals surface area contributed by atoms with Gasteiger partial charge in [-0.25, -0.2) is 0 Å². The average molecular weight is 460 g/mol. The van der Waals surface area contributed by atoms with Gasteiger partial charge in [-0.1, -0.05) is 60.7 Å². The van der Waals surface area contributed by atoms with Crippen molar-refractivity contribution < 1.29 is 10.2 Å². The lowest BCUT2D eigenvalue weighted by Gasteiger charge is -2.22. The highest BCUT2D eigenvalue weighted by Gasteiger charge is 2.39. The fraction of sp³-hybridized carbons (Fsp3) is 0. The second-order valence-electron chi connectivity index (χ2n) is 5.76. The molecule has 134 valence electrons. The molecule has 2 N–H and O–H groups in total. The van der Waals surface area contributed by atoms with E-state index in [1.807, 2.05) is 0 Å². The number of aromatic hydroxyl groups is 2. The number of phenolic OH excluding ortho intramolecular Hbond substituents is 2. The highest BCUT2D eigenvalue weighted by atomic mass is 35.7. The Kier molecular flexibility index (Phi) is 5.63. The van der Waals surface area contributed by atoms with Crippen LogP contribution in [0.3, 0.4) is 0 Å². The van der Waals surface area contributed by atoms with Gasteiger partial charge in [-0.05, 0) is 22.5 Å². The summed E-state index contributed by atoms with van der Waals surface area (Å²) in [6, 6.07) is 20.7. The zero-order chi connectivity index (χ0) is 18.9. The maximum atomic E-state index is 10.1. The molecule has 0 spiro atoms. The van der Waals surface area contributed by atoms with E-state index in [1.165, 1.54) is 0 Å². The highest BCUT2D eigenvalue weighted by Crippen LogP contribution is 2.22. The lowest BCUT2D eigenvalue weighted by molar-refractivity contribution is 0.479. The third kappa shape index (κ3) is 3.63. The first-order valence-electron chi connectivity index (χ1n) is 7.68. The number of benzene rings is 3. The Morgan fingerprint density at radius 3 is 1.12 bits per heavy atom. The van der Waals surface area contributed by atoms with Crippen molar-refractivity contribution in [2.45, 2.75) is 0 Å². The summed E-state index contributed by atoms with van der Waals surface area (Å²) in [6.45, 7) is -6.20. The first kappa shape index (κ1) is 19.6. The van der Waals surface area contributed by atoms with E-state index in [0.717, 1.165) is 0 Å². The quantitative estimate of drug-likeness (QED) is 0.464. The third-order valence-corrected chi connectivity index (χ3v) is 13.5. The minimum absolute atomic E-state index is 0.0702. The summed E-state index contributed by atoms with van der Waals surface area (Å²) < 4.78 is 0. The Balaban J connectivity index is 1.99. The van der Waals surface area contributed by atoms with Crippen LogP contribution in [0.25, 0.3) is 0 Å². The van der Waals surface area contributed by atoms with Crippen LogP contribution in [0.4, 0.5) is 0 Å². The van der Waals surface area contributed by atoms with Gasteiger partial charge in [0, 0.05) is 10.4 Å². The predicted molar refractivity (Wildman–Crippen MR) is 116 cm³/mol. The molecule has 0 saturated carbocycles. The predicted octanol–water partition coefficient (Wildman–Crippen LogP) is 3.17. The van der Waals surface area contributed by atoms with Crippen LogP contribution in [0.5, 0.6) is 11.5 Å². The summed E-state index contributed by atoms with van der Waals surface area (Å²) in [5.74, 6) is 0.140. The zero-order valence-electron chi connectivity index (χ0n) is 13.3. The third-order valence-electron chi connectivity index (χ3n) is 4.09. The fourth-order valence-corrected chi connectivity index (χ4v) is 9.32. The maximum absolute atomic E-state index is 10.1. The molecular weight excluding hydrogens is 446 g/mol. The van der Waals surface area contributed by atoms with Gasteiger partial charge in [-0.3, -0.25) is 0 Å². The minimum Gasteiger partial charge on any atom is -0.508 e. The Morgan fingerprint density at radius 1 is 0.500 bits per heavy atom. The largest absolute Gasteiger partial charge is 0.508 e. The summed E-state index contributed by atoms with van der Waals surface area (Å²) >= 11 is 26.6. The lowest BCUT2D eigenvalue weighted by atomic mass is 10.3. The zero-order valence-corrected chi connectivity index (χ0v) is 18.4. The fourth-order valence-electron chi connectivity index (χ4n) is 2.68. The van der Waals surface area contributed by atoms with E-state index in [9.17, 15) is 10.2 Å². The molecule has 0 amide bonds. The molecule has 0 bridgehead atoms. The summed E-state index contributed by atoms with van der Waals surface area (Å²) in [4.78, 5) is 0. The molecule has 0 aliphatic heterocycles. The van der Waals surface area contributed by atoms with Crippen LogP contribution in [-0.2, 0) is 0 Å². The summed E-state index contributed by atoms with van der Waals surface area (Å²) in [5, 5.41) is 22.6. The van der Waals surface area contributed by atoms with E-state index >= 15 is 0 Å². The molecule has 0 fully saturated rings. The average Bonchev–Trinajstić information content (AvgIpc) is 2.62. The molecule has 0 unspecified atom stereocenters. The monoisotopic (exact) mass is 458 g/mol. The molecule has 3 rings (SSSR count). The van der Waals surface area contributed by atoms with Gasteiger partial charge >= 0.3 is 13.4 Å². The van der Waals surface area contributed by atoms with Crippen molar-refractivity contribution in [3.63, 3.8) is 0 Å². The normalized spacial score (nSPS) is 12.2. The van der Waals surface area contributed by atoms with Crippen molar-refractivity contribution in [3.8, 4) is 11.5 Å². The molecule has 0 aliphatic rings. The molecule has 3 aromatic rings. The standard InChI is InChI=1S/C18H14Cl4O2Si2/c19-25(20,17-7-3-1-5-15(17)23)13-9-11-14(12-10-13)26(21,22)18-8-4-2-6-16(18)24/h1-12,23-24H. The molecule has 2 nitrogen and oxygen atoms in total. The highest BCUT2D eigenvalue weighted by molar-refractivity contribution is 7.57. The molecule has 3 aromatic carbocycles.